The van der Waals surface area contributed by atoms with Crippen LogP contribution in [0.4, 0.5) is 0 Å². The first-order chi connectivity index (χ1) is 8.39. The summed E-state index contributed by atoms with van der Waals surface area (Å²) < 4.78 is 5.35. The van der Waals surface area contributed by atoms with Crippen LogP contribution < -0.4 is 10.5 Å². The Balaban J connectivity index is 2.78. The topological polar surface area (TPSA) is 38.5 Å². The summed E-state index contributed by atoms with van der Waals surface area (Å²) in [6, 6.07) is 5.72. The summed E-state index contributed by atoms with van der Waals surface area (Å²) in [5.74, 6) is 0.833. The monoisotopic (exact) mass is 270 g/mol. The second-order valence-corrected chi connectivity index (χ2v) is 5.87. The normalized spacial score (nSPS) is 11.9. The smallest absolute Gasteiger partial charge is 0.124 e. The molecule has 1 aromatic carbocycles. The molecule has 0 radical (unpaired) electrons. The molecule has 0 saturated carbocycles. The third-order valence-electron chi connectivity index (χ3n) is 2.97. The minimum atomic E-state index is 0.100. The number of nitrogens with zero attached hydrogens (tertiary/aromatic N) is 1. The predicted molar refractivity (Wildman–Crippen MR) is 77.2 cm³/mol. The third kappa shape index (κ3) is 4.16. The van der Waals surface area contributed by atoms with Gasteiger partial charge in [-0.05, 0) is 31.1 Å². The lowest BCUT2D eigenvalue weighted by molar-refractivity contribution is 0.208. The van der Waals surface area contributed by atoms with Gasteiger partial charge in [0, 0.05) is 23.7 Å². The molecule has 0 fully saturated rings. The van der Waals surface area contributed by atoms with Crippen LogP contribution in [0.1, 0.15) is 19.4 Å². The Kier molecular flexibility index (Phi) is 5.45. The maximum Gasteiger partial charge on any atom is 0.124 e. The average molecular weight is 271 g/mol. The molecule has 1 rings (SSSR count). The molecule has 4 heteroatoms. The van der Waals surface area contributed by atoms with Gasteiger partial charge in [0.05, 0.1) is 7.11 Å². The van der Waals surface area contributed by atoms with Crippen molar-refractivity contribution < 1.29 is 4.74 Å². The maximum atomic E-state index is 6.23. The second kappa shape index (κ2) is 6.41. The molecular formula is C14H23ClN2O. The molecule has 1 aromatic rings. The number of methoxy groups -OCH3 is 1. The third-order valence-corrected chi connectivity index (χ3v) is 3.33. The summed E-state index contributed by atoms with van der Waals surface area (Å²) in [5.41, 5.74) is 6.88. The molecule has 102 valence electrons. The number of hydrogen-bond donors (Lipinski definition) is 1. The van der Waals surface area contributed by atoms with Gasteiger partial charge in [0.2, 0.25) is 0 Å². The number of nitrogens with two attached hydrogens (primary N) is 1. The molecule has 0 aliphatic rings. The quantitative estimate of drug-likeness (QED) is 0.864. The largest absolute Gasteiger partial charge is 0.496 e. The Bertz CT molecular complexity index is 393. The fourth-order valence-electron chi connectivity index (χ4n) is 2.00. The summed E-state index contributed by atoms with van der Waals surface area (Å²) in [6.07, 6.45) is 0. The molecule has 0 unspecified atom stereocenters. The molecule has 0 spiro atoms. The molecule has 0 heterocycles. The summed E-state index contributed by atoms with van der Waals surface area (Å²) in [5, 5.41) is 0.742. The van der Waals surface area contributed by atoms with E-state index in [1.54, 1.807) is 7.11 Å². The van der Waals surface area contributed by atoms with E-state index in [9.17, 15) is 0 Å². The Hall–Kier alpha value is -0.770. The highest BCUT2D eigenvalue weighted by Gasteiger charge is 2.19. The van der Waals surface area contributed by atoms with E-state index in [0.717, 1.165) is 29.4 Å². The van der Waals surface area contributed by atoms with Crippen LogP contribution in [-0.4, -0.2) is 32.1 Å². The summed E-state index contributed by atoms with van der Waals surface area (Å²) in [6.45, 7) is 6.65. The van der Waals surface area contributed by atoms with Crippen molar-refractivity contribution in [2.24, 2.45) is 11.1 Å². The van der Waals surface area contributed by atoms with E-state index in [0.29, 0.717) is 6.54 Å². The summed E-state index contributed by atoms with van der Waals surface area (Å²) in [4.78, 5) is 2.22. The Morgan fingerprint density at radius 3 is 2.61 bits per heavy atom. The molecule has 0 saturated heterocycles. The molecule has 2 N–H and O–H groups in total. The van der Waals surface area contributed by atoms with Gasteiger partial charge in [-0.1, -0.05) is 31.5 Å². The first-order valence-corrected chi connectivity index (χ1v) is 6.47. The highest BCUT2D eigenvalue weighted by atomic mass is 35.5. The van der Waals surface area contributed by atoms with Crippen LogP contribution in [0.25, 0.3) is 0 Å². The van der Waals surface area contributed by atoms with Crippen LogP contribution in [0, 0.1) is 5.41 Å². The minimum Gasteiger partial charge on any atom is -0.496 e. The molecular weight excluding hydrogens is 248 g/mol. The van der Waals surface area contributed by atoms with Gasteiger partial charge < -0.3 is 15.4 Å². The summed E-state index contributed by atoms with van der Waals surface area (Å²) in [7, 11) is 3.74. The van der Waals surface area contributed by atoms with Crippen molar-refractivity contribution in [1.82, 2.24) is 4.90 Å². The van der Waals surface area contributed by atoms with Crippen LogP contribution >= 0.6 is 11.6 Å². The number of rotatable bonds is 6. The molecule has 3 nitrogen and oxygen atoms in total. The minimum absolute atomic E-state index is 0.100. The van der Waals surface area contributed by atoms with Crippen LogP contribution in [0.15, 0.2) is 18.2 Å². The van der Waals surface area contributed by atoms with Crippen molar-refractivity contribution in [2.75, 3.05) is 27.2 Å². The van der Waals surface area contributed by atoms with Gasteiger partial charge in [0.25, 0.3) is 0 Å². The van der Waals surface area contributed by atoms with Gasteiger partial charge in [-0.15, -0.1) is 0 Å². The number of benzene rings is 1. The van der Waals surface area contributed by atoms with Gasteiger partial charge in [0.15, 0.2) is 0 Å². The Labute approximate surface area is 115 Å². The predicted octanol–water partition coefficient (Wildman–Crippen LogP) is 2.77. The molecule has 18 heavy (non-hydrogen) atoms. The van der Waals surface area contributed by atoms with Crippen LogP contribution in [0.5, 0.6) is 5.75 Å². The van der Waals surface area contributed by atoms with Crippen molar-refractivity contribution in [3.05, 3.63) is 28.8 Å². The number of halogens is 1. The van der Waals surface area contributed by atoms with Crippen molar-refractivity contribution in [3.63, 3.8) is 0 Å². The van der Waals surface area contributed by atoms with Crippen LogP contribution in [0.3, 0.4) is 0 Å². The van der Waals surface area contributed by atoms with E-state index < -0.39 is 0 Å². The van der Waals surface area contributed by atoms with Crippen molar-refractivity contribution in [2.45, 2.75) is 20.4 Å². The Morgan fingerprint density at radius 1 is 1.39 bits per heavy atom. The highest BCUT2D eigenvalue weighted by Crippen LogP contribution is 2.28. The van der Waals surface area contributed by atoms with Gasteiger partial charge in [-0.3, -0.25) is 0 Å². The number of hydrogen-bond acceptors (Lipinski definition) is 3. The van der Waals surface area contributed by atoms with E-state index in [-0.39, 0.29) is 5.41 Å². The highest BCUT2D eigenvalue weighted by molar-refractivity contribution is 6.31. The molecule has 0 aromatic heterocycles. The van der Waals surface area contributed by atoms with Crippen molar-refractivity contribution >= 4 is 11.6 Å². The average Bonchev–Trinajstić information content (AvgIpc) is 2.31. The molecule has 0 aliphatic heterocycles. The van der Waals surface area contributed by atoms with Gasteiger partial charge >= 0.3 is 0 Å². The van der Waals surface area contributed by atoms with Crippen molar-refractivity contribution in [1.29, 1.82) is 0 Å². The van der Waals surface area contributed by atoms with Crippen molar-refractivity contribution in [3.8, 4) is 5.75 Å². The van der Waals surface area contributed by atoms with Gasteiger partial charge in [0.1, 0.15) is 5.75 Å². The lowest BCUT2D eigenvalue weighted by Crippen LogP contribution is -2.36. The van der Waals surface area contributed by atoms with E-state index in [4.69, 9.17) is 22.1 Å². The zero-order valence-electron chi connectivity index (χ0n) is 11.7. The molecule has 0 bridgehead atoms. The lowest BCUT2D eigenvalue weighted by atomic mass is 9.93. The summed E-state index contributed by atoms with van der Waals surface area (Å²) >= 11 is 6.23. The Morgan fingerprint density at radius 2 is 2.06 bits per heavy atom. The first kappa shape index (κ1) is 15.3. The zero-order valence-corrected chi connectivity index (χ0v) is 12.4. The molecule has 0 aliphatic carbocycles. The molecule has 0 atom stereocenters. The van der Waals surface area contributed by atoms with E-state index in [1.165, 1.54) is 0 Å². The van der Waals surface area contributed by atoms with Crippen LogP contribution in [0.2, 0.25) is 5.02 Å². The fraction of sp³-hybridized carbons (Fsp3) is 0.571. The van der Waals surface area contributed by atoms with E-state index in [1.807, 2.05) is 18.2 Å². The van der Waals surface area contributed by atoms with Gasteiger partial charge in [-0.2, -0.15) is 0 Å². The fourth-order valence-corrected chi connectivity index (χ4v) is 2.23. The zero-order chi connectivity index (χ0) is 13.8. The first-order valence-electron chi connectivity index (χ1n) is 6.09. The van der Waals surface area contributed by atoms with Crippen LogP contribution in [-0.2, 0) is 6.54 Å². The standard InChI is InChI=1S/C14H23ClN2O/c1-14(2,9-16)10-17(3)8-11-12(15)6-5-7-13(11)18-4/h5-7H,8-10,16H2,1-4H3. The van der Waals surface area contributed by atoms with E-state index >= 15 is 0 Å². The lowest BCUT2D eigenvalue weighted by Gasteiger charge is -2.29. The van der Waals surface area contributed by atoms with Gasteiger partial charge in [-0.25, -0.2) is 0 Å². The van der Waals surface area contributed by atoms with E-state index in [2.05, 4.69) is 25.8 Å². The molecule has 0 amide bonds. The SMILES string of the molecule is COc1cccc(Cl)c1CN(C)CC(C)(C)CN. The second-order valence-electron chi connectivity index (χ2n) is 5.46. The maximum absolute atomic E-state index is 6.23. The number of ether oxygens (including phenoxy) is 1.